The van der Waals surface area contributed by atoms with Gasteiger partial charge in [0.2, 0.25) is 11.8 Å². The molecule has 2 aromatic rings. The summed E-state index contributed by atoms with van der Waals surface area (Å²) in [4.78, 5) is 18.3. The van der Waals surface area contributed by atoms with E-state index in [0.29, 0.717) is 18.1 Å². The second-order valence-corrected chi connectivity index (χ2v) is 7.62. The molecule has 128 valence electrons. The lowest BCUT2D eigenvalue weighted by molar-refractivity contribution is 0.100. The smallest absolute Gasteiger partial charge is 0.249 e. The molecule has 0 aliphatic heterocycles. The number of primary amides is 1. The number of halogens is 2. The maximum Gasteiger partial charge on any atom is 0.249 e. The van der Waals surface area contributed by atoms with Crippen LogP contribution in [-0.4, -0.2) is 43.0 Å². The van der Waals surface area contributed by atoms with Gasteiger partial charge in [0.15, 0.2) is 0 Å². The molecule has 1 aromatic heterocycles. The Hall–Kier alpha value is -1.19. The number of nitrogens with zero attached hydrogens (tertiary/aromatic N) is 2. The summed E-state index contributed by atoms with van der Waals surface area (Å²) in [6.07, 6.45) is 2.57. The monoisotopic (exact) mass is 503 g/mol. The highest BCUT2D eigenvalue weighted by molar-refractivity contribution is 14.1. The fourth-order valence-corrected chi connectivity index (χ4v) is 3.39. The minimum atomic E-state index is -0.470. The van der Waals surface area contributed by atoms with Gasteiger partial charge in [-0.2, -0.15) is 0 Å². The van der Waals surface area contributed by atoms with Crippen LogP contribution in [0.25, 0.3) is 11.1 Å². The van der Waals surface area contributed by atoms with Gasteiger partial charge in [-0.25, -0.2) is 4.98 Å². The number of ether oxygens (including phenoxy) is 1. The van der Waals surface area contributed by atoms with Gasteiger partial charge in [0.05, 0.1) is 6.61 Å². The van der Waals surface area contributed by atoms with Crippen molar-refractivity contribution < 1.29 is 9.53 Å². The second-order valence-electron chi connectivity index (χ2n) is 5.54. The lowest BCUT2D eigenvalue weighted by Gasteiger charge is -2.15. The minimum absolute atomic E-state index is 0.458. The number of hydrogen-bond acceptors (Lipinski definition) is 4. The molecule has 0 aliphatic rings. The van der Waals surface area contributed by atoms with Gasteiger partial charge in [-0.15, -0.1) is 0 Å². The Morgan fingerprint density at radius 1 is 1.42 bits per heavy atom. The lowest BCUT2D eigenvalue weighted by atomic mass is 10.0. The normalized spacial score (nSPS) is 10.9. The molecule has 0 atom stereocenters. The number of benzene rings is 1. The molecule has 0 unspecified atom stereocenters. The fourth-order valence-electron chi connectivity index (χ4n) is 2.27. The third-order valence-corrected chi connectivity index (χ3v) is 4.69. The maximum atomic E-state index is 11.8. The summed E-state index contributed by atoms with van der Waals surface area (Å²) in [5, 5.41) is 0. The molecule has 5 nitrogen and oxygen atoms in total. The molecule has 24 heavy (non-hydrogen) atoms. The number of rotatable bonds is 7. The summed E-state index contributed by atoms with van der Waals surface area (Å²) in [6.45, 7) is 1.48. The molecule has 0 bridgehead atoms. The average molecular weight is 504 g/mol. The van der Waals surface area contributed by atoms with Crippen LogP contribution in [0.1, 0.15) is 16.8 Å². The van der Waals surface area contributed by atoms with Gasteiger partial charge >= 0.3 is 0 Å². The number of hydrogen-bond donors (Lipinski definition) is 1. The van der Waals surface area contributed by atoms with Crippen LogP contribution in [-0.2, 0) is 0 Å². The molecule has 2 rings (SSSR count). The van der Waals surface area contributed by atoms with E-state index in [0.717, 1.165) is 32.1 Å². The summed E-state index contributed by atoms with van der Waals surface area (Å²) in [6, 6.07) is 7.36. The highest BCUT2D eigenvalue weighted by Crippen LogP contribution is 2.36. The van der Waals surface area contributed by atoms with Crippen LogP contribution in [0.15, 0.2) is 34.9 Å². The van der Waals surface area contributed by atoms with Crippen molar-refractivity contribution >= 4 is 44.4 Å². The Labute approximate surface area is 163 Å². The molecule has 0 saturated carbocycles. The van der Waals surface area contributed by atoms with Crippen LogP contribution in [0.5, 0.6) is 5.88 Å². The van der Waals surface area contributed by atoms with Crippen molar-refractivity contribution in [3.63, 3.8) is 0 Å². The van der Waals surface area contributed by atoms with Crippen LogP contribution >= 0.6 is 38.5 Å². The molecule has 0 radical (unpaired) electrons. The molecule has 0 saturated heterocycles. The van der Waals surface area contributed by atoms with Gasteiger partial charge in [0, 0.05) is 37.5 Å². The van der Waals surface area contributed by atoms with Crippen molar-refractivity contribution in [2.45, 2.75) is 6.42 Å². The molecule has 0 spiro atoms. The first-order valence-corrected chi connectivity index (χ1v) is 9.29. The molecule has 1 aromatic carbocycles. The number of pyridine rings is 1. The fraction of sp³-hybridized carbons (Fsp3) is 0.294. The van der Waals surface area contributed by atoms with Crippen LogP contribution in [0.2, 0.25) is 0 Å². The highest BCUT2D eigenvalue weighted by Gasteiger charge is 2.18. The van der Waals surface area contributed by atoms with Crippen LogP contribution < -0.4 is 10.5 Å². The average Bonchev–Trinajstić information content (AvgIpc) is 2.52. The largest absolute Gasteiger partial charge is 0.477 e. The van der Waals surface area contributed by atoms with Crippen molar-refractivity contribution in [3.8, 4) is 17.0 Å². The van der Waals surface area contributed by atoms with E-state index < -0.39 is 5.91 Å². The third kappa shape index (κ3) is 4.90. The Morgan fingerprint density at radius 3 is 2.83 bits per heavy atom. The SMILES string of the molecule is CN(C)CCCOc1ncc(Br)cc1-c1c(I)cccc1C(N)=O. The van der Waals surface area contributed by atoms with Crippen LogP contribution in [0.3, 0.4) is 0 Å². The van der Waals surface area contributed by atoms with Gasteiger partial charge in [-0.1, -0.05) is 6.07 Å². The summed E-state index contributed by atoms with van der Waals surface area (Å²) >= 11 is 5.63. The molecular formula is C17H19BrIN3O2. The lowest BCUT2D eigenvalue weighted by Crippen LogP contribution is -2.16. The first-order valence-electron chi connectivity index (χ1n) is 7.42. The zero-order chi connectivity index (χ0) is 17.7. The maximum absolute atomic E-state index is 11.8. The molecular weight excluding hydrogens is 485 g/mol. The first-order chi connectivity index (χ1) is 11.4. The van der Waals surface area contributed by atoms with Crippen molar-refractivity contribution in [3.05, 3.63) is 44.1 Å². The number of carbonyl (C=O) groups excluding carboxylic acids is 1. The van der Waals surface area contributed by atoms with Crippen molar-refractivity contribution in [2.75, 3.05) is 27.2 Å². The van der Waals surface area contributed by atoms with Crippen molar-refractivity contribution in [1.29, 1.82) is 0 Å². The standard InChI is InChI=1S/C17H19BrIN3O2/c1-22(2)7-4-8-24-17-13(9-11(18)10-21-17)15-12(16(20)23)5-3-6-14(15)19/h3,5-6,9-10H,4,7-8H2,1-2H3,(H2,20,23). The minimum Gasteiger partial charge on any atom is -0.477 e. The van der Waals surface area contributed by atoms with E-state index in [1.54, 1.807) is 12.3 Å². The van der Waals surface area contributed by atoms with Crippen molar-refractivity contribution in [1.82, 2.24) is 9.88 Å². The third-order valence-electron chi connectivity index (χ3n) is 3.35. The first kappa shape index (κ1) is 19.1. The van der Waals surface area contributed by atoms with E-state index in [1.807, 2.05) is 32.3 Å². The Bertz CT molecular complexity index is 738. The van der Waals surface area contributed by atoms with Gasteiger partial charge in [-0.3, -0.25) is 4.79 Å². The zero-order valence-electron chi connectivity index (χ0n) is 13.6. The van der Waals surface area contributed by atoms with Crippen LogP contribution in [0, 0.1) is 3.57 Å². The van der Waals surface area contributed by atoms with E-state index >= 15 is 0 Å². The van der Waals surface area contributed by atoms with E-state index in [-0.39, 0.29) is 0 Å². The molecule has 1 heterocycles. The zero-order valence-corrected chi connectivity index (χ0v) is 17.3. The van der Waals surface area contributed by atoms with Gasteiger partial charge in [-0.05, 0) is 77.2 Å². The van der Waals surface area contributed by atoms with E-state index in [4.69, 9.17) is 10.5 Å². The summed E-state index contributed by atoms with van der Waals surface area (Å²) < 4.78 is 7.60. The summed E-state index contributed by atoms with van der Waals surface area (Å²) in [5.74, 6) is 0.0330. The summed E-state index contributed by atoms with van der Waals surface area (Å²) in [5.41, 5.74) is 7.51. The molecule has 0 fully saturated rings. The van der Waals surface area contributed by atoms with E-state index in [9.17, 15) is 4.79 Å². The molecule has 2 N–H and O–H groups in total. The Balaban J connectivity index is 2.40. The topological polar surface area (TPSA) is 68.4 Å². The second kappa shape index (κ2) is 8.77. The van der Waals surface area contributed by atoms with Crippen LogP contribution in [0.4, 0.5) is 0 Å². The molecule has 1 amide bonds. The van der Waals surface area contributed by atoms with Gasteiger partial charge < -0.3 is 15.4 Å². The van der Waals surface area contributed by atoms with Crippen molar-refractivity contribution in [2.24, 2.45) is 5.73 Å². The number of nitrogens with two attached hydrogens (primary N) is 1. The predicted octanol–water partition coefficient (Wildman–Crippen LogP) is 3.55. The number of amides is 1. The predicted molar refractivity (Wildman–Crippen MR) is 107 cm³/mol. The Kier molecular flexibility index (Phi) is 7.00. The number of carbonyl (C=O) groups is 1. The highest BCUT2D eigenvalue weighted by atomic mass is 127. The molecule has 7 heteroatoms. The van der Waals surface area contributed by atoms with E-state index in [1.165, 1.54) is 0 Å². The van der Waals surface area contributed by atoms with Gasteiger partial charge in [0.1, 0.15) is 0 Å². The number of aromatic nitrogens is 1. The van der Waals surface area contributed by atoms with Gasteiger partial charge in [0.25, 0.3) is 0 Å². The van der Waals surface area contributed by atoms with E-state index in [2.05, 4.69) is 48.4 Å². The summed E-state index contributed by atoms with van der Waals surface area (Å²) in [7, 11) is 4.05. The quantitative estimate of drug-likeness (QED) is 0.463. The Morgan fingerprint density at radius 2 is 2.17 bits per heavy atom. The molecule has 0 aliphatic carbocycles.